The minimum Gasteiger partial charge on any atom is -0.349 e. The second-order valence-corrected chi connectivity index (χ2v) is 11.0. The van der Waals surface area contributed by atoms with E-state index in [2.05, 4.69) is 25.5 Å². The number of anilines is 1. The zero-order valence-corrected chi connectivity index (χ0v) is 24.3. The maximum atomic E-state index is 14.8. The fourth-order valence-corrected chi connectivity index (χ4v) is 5.82. The molecule has 1 saturated heterocycles. The first-order valence-electron chi connectivity index (χ1n) is 14.5. The third-order valence-corrected chi connectivity index (χ3v) is 8.18. The Balaban J connectivity index is 1.05. The zero-order chi connectivity index (χ0) is 31.1. The monoisotopic (exact) mass is 605 g/mol. The van der Waals surface area contributed by atoms with E-state index in [-0.39, 0.29) is 22.7 Å². The fourth-order valence-electron chi connectivity index (χ4n) is 5.82. The van der Waals surface area contributed by atoms with Crippen molar-refractivity contribution in [2.24, 2.45) is 7.05 Å². The number of nitrogens with one attached hydrogen (secondary N) is 2. The summed E-state index contributed by atoms with van der Waals surface area (Å²) in [6.07, 6.45) is 4.71. The van der Waals surface area contributed by atoms with Crippen LogP contribution in [0.25, 0.3) is 27.6 Å². The second-order valence-electron chi connectivity index (χ2n) is 11.0. The smallest absolute Gasteiger partial charge is 0.277 e. The van der Waals surface area contributed by atoms with Gasteiger partial charge in [-0.2, -0.15) is 10.1 Å². The van der Waals surface area contributed by atoms with Crippen LogP contribution in [0.3, 0.4) is 0 Å². The molecule has 226 valence electrons. The number of rotatable bonds is 6. The van der Waals surface area contributed by atoms with Gasteiger partial charge < -0.3 is 10.2 Å². The van der Waals surface area contributed by atoms with Gasteiger partial charge in [-0.1, -0.05) is 30.3 Å². The molecule has 12 nitrogen and oxygen atoms in total. The molecule has 0 saturated carbocycles. The molecule has 2 aromatic carbocycles. The molecule has 0 aliphatic carbocycles. The first-order chi connectivity index (χ1) is 21.9. The molecular weight excluding hydrogens is 577 g/mol. The lowest BCUT2D eigenvalue weighted by atomic mass is 10.0. The van der Waals surface area contributed by atoms with Gasteiger partial charge >= 0.3 is 0 Å². The van der Waals surface area contributed by atoms with Crippen molar-refractivity contribution in [1.29, 1.82) is 0 Å². The summed E-state index contributed by atoms with van der Waals surface area (Å²) >= 11 is 0. The van der Waals surface area contributed by atoms with E-state index in [9.17, 15) is 18.8 Å². The molecule has 13 heteroatoms. The van der Waals surface area contributed by atoms with E-state index in [1.165, 1.54) is 23.0 Å². The Morgan fingerprint density at radius 3 is 2.56 bits per heavy atom. The van der Waals surface area contributed by atoms with E-state index in [4.69, 9.17) is 4.98 Å². The Morgan fingerprint density at radius 2 is 1.78 bits per heavy atom. The minimum atomic E-state index is -0.614. The summed E-state index contributed by atoms with van der Waals surface area (Å²) in [5.74, 6) is -0.0626. The Kier molecular flexibility index (Phi) is 7.12. The van der Waals surface area contributed by atoms with E-state index >= 15 is 0 Å². The number of hydrogen-bond acceptors (Lipinski definition) is 8. The summed E-state index contributed by atoms with van der Waals surface area (Å²) in [5.41, 5.74) is 1.23. The Hall–Kier alpha value is -5.72. The topological polar surface area (TPSA) is 144 Å². The van der Waals surface area contributed by atoms with Crippen LogP contribution in [0.4, 0.5) is 10.3 Å². The molecule has 6 aromatic rings. The summed E-state index contributed by atoms with van der Waals surface area (Å²) in [6, 6.07) is 16.8. The average Bonchev–Trinajstić information content (AvgIpc) is 3.32. The van der Waals surface area contributed by atoms with Crippen LogP contribution < -0.4 is 21.3 Å². The Bertz CT molecular complexity index is 2180. The number of piperidine rings is 1. The van der Waals surface area contributed by atoms with Gasteiger partial charge in [-0.3, -0.25) is 14.4 Å². The highest BCUT2D eigenvalue weighted by Gasteiger charge is 2.25. The lowest BCUT2D eigenvalue weighted by Crippen LogP contribution is -2.45. The first-order valence-corrected chi connectivity index (χ1v) is 14.5. The largest absolute Gasteiger partial charge is 0.349 e. The summed E-state index contributed by atoms with van der Waals surface area (Å²) in [5, 5.41) is 11.3. The molecule has 5 heterocycles. The van der Waals surface area contributed by atoms with Crippen LogP contribution in [-0.4, -0.2) is 59.6 Å². The van der Waals surface area contributed by atoms with Gasteiger partial charge in [0.2, 0.25) is 5.95 Å². The number of aromatic nitrogens is 7. The van der Waals surface area contributed by atoms with Gasteiger partial charge in [-0.05, 0) is 48.7 Å². The fraction of sp³-hybridized carbons (Fsp3) is 0.219. The van der Waals surface area contributed by atoms with E-state index in [1.807, 2.05) is 23.1 Å². The van der Waals surface area contributed by atoms with Crippen LogP contribution >= 0.6 is 0 Å². The number of carbonyl (C=O) groups is 1. The number of fused-ring (bicyclic) bond motifs is 2. The number of benzene rings is 2. The molecule has 2 N–H and O–H groups in total. The zero-order valence-electron chi connectivity index (χ0n) is 24.3. The number of hydrogen-bond donors (Lipinski definition) is 2. The number of aromatic amines is 1. The Labute approximate surface area is 255 Å². The molecule has 0 unspecified atom stereocenters. The second kappa shape index (κ2) is 11.4. The van der Waals surface area contributed by atoms with Crippen molar-refractivity contribution < 1.29 is 9.18 Å². The average molecular weight is 606 g/mol. The molecule has 1 aliphatic rings. The van der Waals surface area contributed by atoms with Gasteiger partial charge in [0.25, 0.3) is 17.0 Å². The van der Waals surface area contributed by atoms with Gasteiger partial charge in [0.1, 0.15) is 11.2 Å². The van der Waals surface area contributed by atoms with Gasteiger partial charge in [-0.25, -0.2) is 28.8 Å². The number of carbonyl (C=O) groups excluding carboxylic acids is 1. The van der Waals surface area contributed by atoms with Crippen molar-refractivity contribution in [2.45, 2.75) is 25.3 Å². The number of halogens is 1. The number of nitrogens with zero attached hydrogens (tertiary/aromatic N) is 7. The molecule has 0 bridgehead atoms. The van der Waals surface area contributed by atoms with Crippen LogP contribution in [0.1, 0.15) is 34.5 Å². The van der Waals surface area contributed by atoms with Crippen molar-refractivity contribution >= 4 is 33.7 Å². The Morgan fingerprint density at radius 1 is 1.00 bits per heavy atom. The molecule has 45 heavy (non-hydrogen) atoms. The maximum absolute atomic E-state index is 14.8. The lowest BCUT2D eigenvalue weighted by Gasteiger charge is -2.32. The molecular formula is C32H28FN9O3. The van der Waals surface area contributed by atoms with Gasteiger partial charge in [0.15, 0.2) is 11.5 Å². The molecule has 7 rings (SSSR count). The van der Waals surface area contributed by atoms with E-state index in [0.29, 0.717) is 77.2 Å². The molecule has 4 aromatic heterocycles. The van der Waals surface area contributed by atoms with Gasteiger partial charge in [-0.15, -0.1) is 0 Å². The van der Waals surface area contributed by atoms with Crippen LogP contribution in [0, 0.1) is 5.82 Å². The standard InChI is InChI=1S/C32H28FN9O3/c1-40-31(45)24-18-35-32(37-28(24)42(40)27-8-4-5-13-34-27)41-14-11-20(12-15-41)36-29(43)23-16-19(9-10-25(23)33)17-26-21-6-2-3-7-22(21)30(44)39-38-26/h2-10,13,16,18,20H,11-12,14-15,17H2,1H3,(H,36,43)(H,39,44). The van der Waals surface area contributed by atoms with Crippen LogP contribution in [-0.2, 0) is 13.5 Å². The SMILES string of the molecule is Cn1c(=O)c2cnc(N3CCC(NC(=O)c4cc(Cc5n[nH]c(=O)c6ccccc56)ccc4F)CC3)nc2n1-c1ccccn1. The first kappa shape index (κ1) is 28.1. The van der Waals surface area contributed by atoms with Crippen LogP contribution in [0.2, 0.25) is 0 Å². The van der Waals surface area contributed by atoms with Crippen molar-refractivity contribution in [3.8, 4) is 5.82 Å². The van der Waals surface area contributed by atoms with Crippen LogP contribution in [0.5, 0.6) is 0 Å². The predicted octanol–water partition coefficient (Wildman–Crippen LogP) is 2.88. The van der Waals surface area contributed by atoms with E-state index in [0.717, 1.165) is 0 Å². The lowest BCUT2D eigenvalue weighted by molar-refractivity contribution is 0.0927. The normalized spacial score (nSPS) is 13.9. The third-order valence-electron chi connectivity index (χ3n) is 8.18. The summed E-state index contributed by atoms with van der Waals surface area (Å²) in [7, 11) is 1.66. The molecule has 1 amide bonds. The highest BCUT2D eigenvalue weighted by Crippen LogP contribution is 2.22. The quantitative estimate of drug-likeness (QED) is 0.295. The van der Waals surface area contributed by atoms with Crippen LogP contribution in [0.15, 0.2) is 82.6 Å². The van der Waals surface area contributed by atoms with Crippen molar-refractivity contribution in [2.75, 3.05) is 18.0 Å². The predicted molar refractivity (Wildman–Crippen MR) is 166 cm³/mol. The highest BCUT2D eigenvalue weighted by molar-refractivity contribution is 5.95. The summed E-state index contributed by atoms with van der Waals surface area (Å²) in [4.78, 5) is 53.7. The molecule has 0 radical (unpaired) electrons. The molecule has 0 spiro atoms. The summed E-state index contributed by atoms with van der Waals surface area (Å²) in [6.45, 7) is 1.12. The number of H-pyrrole nitrogens is 1. The minimum absolute atomic E-state index is 0.0472. The maximum Gasteiger partial charge on any atom is 0.277 e. The van der Waals surface area contributed by atoms with Crippen molar-refractivity contribution in [1.82, 2.24) is 39.8 Å². The van der Waals surface area contributed by atoms with Crippen molar-refractivity contribution in [3.63, 3.8) is 0 Å². The van der Waals surface area contributed by atoms with Gasteiger partial charge in [0, 0.05) is 50.4 Å². The highest BCUT2D eigenvalue weighted by atomic mass is 19.1. The number of amides is 1. The molecule has 0 atom stereocenters. The molecule has 1 aliphatic heterocycles. The summed E-state index contributed by atoms with van der Waals surface area (Å²) < 4.78 is 18.0. The number of pyridine rings is 1. The van der Waals surface area contributed by atoms with E-state index in [1.54, 1.807) is 48.3 Å². The van der Waals surface area contributed by atoms with Crippen molar-refractivity contribution in [3.05, 3.63) is 116 Å². The van der Waals surface area contributed by atoms with E-state index < -0.39 is 11.7 Å². The van der Waals surface area contributed by atoms with Gasteiger partial charge in [0.05, 0.1) is 16.6 Å². The third kappa shape index (κ3) is 5.22. The molecule has 1 fully saturated rings.